The Morgan fingerprint density at radius 2 is 2.44 bits per heavy atom. The molecule has 0 bridgehead atoms. The highest BCUT2D eigenvalue weighted by atomic mass is 35.5. The van der Waals surface area contributed by atoms with Gasteiger partial charge in [-0.2, -0.15) is 0 Å². The van der Waals surface area contributed by atoms with E-state index in [-0.39, 0.29) is 18.3 Å². The molecule has 6 heteroatoms. The second-order valence-corrected chi connectivity index (χ2v) is 5.68. The number of carbonyl (C=O) groups is 1. The van der Waals surface area contributed by atoms with Crippen LogP contribution in [0.5, 0.6) is 0 Å². The lowest BCUT2D eigenvalue weighted by Gasteiger charge is -2.22. The van der Waals surface area contributed by atoms with E-state index in [4.69, 9.17) is 11.6 Å². The number of piperidine rings is 1. The van der Waals surface area contributed by atoms with E-state index in [1.165, 1.54) is 24.2 Å². The molecule has 1 fully saturated rings. The fourth-order valence-electron chi connectivity index (χ4n) is 2.10. The van der Waals surface area contributed by atoms with Gasteiger partial charge in [-0.05, 0) is 49.7 Å². The van der Waals surface area contributed by atoms with E-state index < -0.39 is 0 Å². The molecule has 1 amide bonds. The summed E-state index contributed by atoms with van der Waals surface area (Å²) in [5, 5.41) is 8.69. The summed E-state index contributed by atoms with van der Waals surface area (Å²) in [7, 11) is 0. The number of thiophene rings is 1. The van der Waals surface area contributed by atoms with Crippen LogP contribution in [0.15, 0.2) is 11.4 Å². The zero-order valence-electron chi connectivity index (χ0n) is 10.1. The van der Waals surface area contributed by atoms with Crippen LogP contribution >= 0.6 is 35.3 Å². The van der Waals surface area contributed by atoms with E-state index in [2.05, 4.69) is 10.6 Å². The van der Waals surface area contributed by atoms with Crippen molar-refractivity contribution in [2.45, 2.75) is 19.3 Å². The Morgan fingerprint density at radius 1 is 1.61 bits per heavy atom. The first-order chi connectivity index (χ1) is 8.27. The van der Waals surface area contributed by atoms with E-state index in [0.717, 1.165) is 26.1 Å². The Kier molecular flexibility index (Phi) is 7.00. The summed E-state index contributed by atoms with van der Waals surface area (Å²) in [6.45, 7) is 2.95. The summed E-state index contributed by atoms with van der Waals surface area (Å²) in [6.07, 6.45) is 3.56. The zero-order chi connectivity index (χ0) is 12.1. The van der Waals surface area contributed by atoms with Crippen LogP contribution in [0.25, 0.3) is 0 Å². The Hall–Kier alpha value is -0.290. The molecule has 1 aromatic rings. The number of nitrogens with one attached hydrogen (secondary N) is 2. The van der Waals surface area contributed by atoms with Gasteiger partial charge in [0.15, 0.2) is 0 Å². The first-order valence-electron chi connectivity index (χ1n) is 5.99. The van der Waals surface area contributed by atoms with Gasteiger partial charge in [0.1, 0.15) is 4.88 Å². The molecule has 2 N–H and O–H groups in total. The number of amides is 1. The van der Waals surface area contributed by atoms with Crippen molar-refractivity contribution < 1.29 is 4.79 Å². The predicted molar refractivity (Wildman–Crippen MR) is 79.1 cm³/mol. The smallest absolute Gasteiger partial charge is 0.262 e. The van der Waals surface area contributed by atoms with Crippen LogP contribution in [0.3, 0.4) is 0 Å². The average Bonchev–Trinajstić information content (AvgIpc) is 2.77. The van der Waals surface area contributed by atoms with Crippen LogP contribution < -0.4 is 10.6 Å². The average molecular weight is 309 g/mol. The molecule has 0 aliphatic carbocycles. The van der Waals surface area contributed by atoms with Crippen LogP contribution in [0.1, 0.15) is 28.9 Å². The molecule has 0 spiro atoms. The van der Waals surface area contributed by atoms with Crippen molar-refractivity contribution in [3.8, 4) is 0 Å². The van der Waals surface area contributed by atoms with Gasteiger partial charge in [-0.25, -0.2) is 0 Å². The maximum atomic E-state index is 11.8. The lowest BCUT2D eigenvalue weighted by Crippen LogP contribution is -2.33. The fraction of sp³-hybridized carbons (Fsp3) is 0.583. The summed E-state index contributed by atoms with van der Waals surface area (Å²) in [4.78, 5) is 12.4. The molecule has 1 unspecified atom stereocenters. The van der Waals surface area contributed by atoms with Crippen molar-refractivity contribution in [2.75, 3.05) is 19.6 Å². The fourth-order valence-corrected chi connectivity index (χ4v) is 3.15. The van der Waals surface area contributed by atoms with Crippen molar-refractivity contribution in [3.05, 3.63) is 21.3 Å². The minimum absolute atomic E-state index is 0. The standard InChI is InChI=1S/C12H17ClN2OS.ClH/c13-10-4-7-17-11(10)12(16)15-6-3-9-2-1-5-14-8-9;/h4,7,9,14H,1-3,5-6,8H2,(H,15,16);1H. The molecule has 1 atom stereocenters. The predicted octanol–water partition coefficient (Wildman–Crippen LogP) is 2.94. The minimum Gasteiger partial charge on any atom is -0.351 e. The molecular weight excluding hydrogens is 291 g/mol. The summed E-state index contributed by atoms with van der Waals surface area (Å²) in [5.41, 5.74) is 0. The van der Waals surface area contributed by atoms with E-state index in [9.17, 15) is 4.79 Å². The van der Waals surface area contributed by atoms with Crippen molar-refractivity contribution in [1.29, 1.82) is 0 Å². The Labute approximate surface area is 123 Å². The largest absolute Gasteiger partial charge is 0.351 e. The molecule has 3 nitrogen and oxygen atoms in total. The summed E-state index contributed by atoms with van der Waals surface area (Å²) in [5.74, 6) is 0.650. The first-order valence-corrected chi connectivity index (χ1v) is 7.25. The summed E-state index contributed by atoms with van der Waals surface area (Å²) < 4.78 is 0. The molecule has 1 aliphatic rings. The summed E-state index contributed by atoms with van der Waals surface area (Å²) in [6, 6.07) is 1.76. The third-order valence-electron chi connectivity index (χ3n) is 3.06. The van der Waals surface area contributed by atoms with Crippen molar-refractivity contribution >= 4 is 41.3 Å². The number of hydrogen-bond donors (Lipinski definition) is 2. The summed E-state index contributed by atoms with van der Waals surface area (Å²) >= 11 is 7.29. The van der Waals surface area contributed by atoms with Crippen molar-refractivity contribution in [2.24, 2.45) is 5.92 Å². The van der Waals surface area contributed by atoms with Crippen LogP contribution in [-0.2, 0) is 0 Å². The van der Waals surface area contributed by atoms with Gasteiger partial charge < -0.3 is 10.6 Å². The SMILES string of the molecule is Cl.O=C(NCCC1CCCNC1)c1sccc1Cl. The normalized spacial score (nSPS) is 19.1. The Morgan fingerprint density at radius 3 is 3.06 bits per heavy atom. The molecule has 102 valence electrons. The Bertz CT molecular complexity index is 378. The molecule has 0 aromatic carbocycles. The lowest BCUT2D eigenvalue weighted by atomic mass is 9.96. The maximum Gasteiger partial charge on any atom is 0.262 e. The van der Waals surface area contributed by atoms with Gasteiger partial charge in [-0.3, -0.25) is 4.79 Å². The third kappa shape index (κ3) is 4.43. The highest BCUT2D eigenvalue weighted by molar-refractivity contribution is 7.12. The molecule has 18 heavy (non-hydrogen) atoms. The first kappa shape index (κ1) is 15.8. The van der Waals surface area contributed by atoms with Crippen LogP contribution in [0.2, 0.25) is 5.02 Å². The van der Waals surface area contributed by atoms with Crippen LogP contribution in [-0.4, -0.2) is 25.5 Å². The van der Waals surface area contributed by atoms with Gasteiger partial charge in [0.2, 0.25) is 0 Å². The molecule has 2 rings (SSSR count). The van der Waals surface area contributed by atoms with E-state index in [1.54, 1.807) is 6.07 Å². The third-order valence-corrected chi connectivity index (χ3v) is 4.40. The van der Waals surface area contributed by atoms with Gasteiger partial charge in [0.05, 0.1) is 5.02 Å². The van der Waals surface area contributed by atoms with Crippen molar-refractivity contribution in [3.63, 3.8) is 0 Å². The second kappa shape index (κ2) is 8.00. The topological polar surface area (TPSA) is 41.1 Å². The quantitative estimate of drug-likeness (QED) is 0.898. The molecule has 1 aromatic heterocycles. The highest BCUT2D eigenvalue weighted by Crippen LogP contribution is 2.21. The number of halogens is 2. The number of rotatable bonds is 4. The zero-order valence-corrected chi connectivity index (χ0v) is 12.5. The van der Waals surface area contributed by atoms with E-state index >= 15 is 0 Å². The molecule has 2 heterocycles. The van der Waals surface area contributed by atoms with Gasteiger partial charge >= 0.3 is 0 Å². The monoisotopic (exact) mass is 308 g/mol. The van der Waals surface area contributed by atoms with Gasteiger partial charge in [0, 0.05) is 6.54 Å². The molecule has 0 saturated carbocycles. The van der Waals surface area contributed by atoms with Crippen LogP contribution in [0.4, 0.5) is 0 Å². The molecule has 1 saturated heterocycles. The van der Waals surface area contributed by atoms with Gasteiger partial charge in [-0.1, -0.05) is 11.6 Å². The molecule has 1 aliphatic heterocycles. The molecular formula is C12H18Cl2N2OS. The highest BCUT2D eigenvalue weighted by Gasteiger charge is 2.14. The number of hydrogen-bond acceptors (Lipinski definition) is 3. The van der Waals surface area contributed by atoms with Crippen molar-refractivity contribution in [1.82, 2.24) is 10.6 Å². The Balaban J connectivity index is 0.00000162. The minimum atomic E-state index is -0.0474. The maximum absolute atomic E-state index is 11.8. The van der Waals surface area contributed by atoms with Crippen LogP contribution in [0, 0.1) is 5.92 Å². The van der Waals surface area contributed by atoms with E-state index in [1.807, 2.05) is 5.38 Å². The number of carbonyl (C=O) groups excluding carboxylic acids is 1. The lowest BCUT2D eigenvalue weighted by molar-refractivity contribution is 0.0955. The molecule has 0 radical (unpaired) electrons. The second-order valence-electron chi connectivity index (χ2n) is 4.35. The van der Waals surface area contributed by atoms with Gasteiger partial charge in [0.25, 0.3) is 5.91 Å². The van der Waals surface area contributed by atoms with E-state index in [0.29, 0.717) is 15.8 Å². The van der Waals surface area contributed by atoms with Gasteiger partial charge in [-0.15, -0.1) is 23.7 Å².